The molecule has 1 aromatic carbocycles. The molecular formula is C24H42N2O4. The molecule has 0 saturated heterocycles. The molecule has 1 unspecified atom stereocenters. The van der Waals surface area contributed by atoms with Crippen LogP contribution in [0.15, 0.2) is 18.2 Å². The third-order valence-corrected chi connectivity index (χ3v) is 5.05. The first-order valence-electron chi connectivity index (χ1n) is 11.4. The molecule has 0 bridgehead atoms. The number of carbonyl (C=O) groups excluding carboxylic acids is 1. The summed E-state index contributed by atoms with van der Waals surface area (Å²) in [7, 11) is 5.63. The van der Waals surface area contributed by atoms with Crippen molar-refractivity contribution in [2.75, 3.05) is 34.4 Å². The topological polar surface area (TPSA) is 71.0 Å². The number of unbranched alkanes of at least 4 members (excludes halogenated alkanes) is 5. The first-order valence-corrected chi connectivity index (χ1v) is 11.4. The summed E-state index contributed by atoms with van der Waals surface area (Å²) in [6, 6.07) is 5.63. The van der Waals surface area contributed by atoms with Gasteiger partial charge in [0.15, 0.2) is 11.5 Å². The molecule has 0 aliphatic carbocycles. The number of aliphatic hydroxyl groups excluding tert-OH is 1. The van der Waals surface area contributed by atoms with Gasteiger partial charge in [0.25, 0.3) is 0 Å². The molecule has 30 heavy (non-hydrogen) atoms. The van der Waals surface area contributed by atoms with Crippen LogP contribution in [-0.4, -0.2) is 56.4 Å². The number of methoxy groups -OCH3 is 1. The van der Waals surface area contributed by atoms with Gasteiger partial charge in [-0.05, 0) is 57.6 Å². The molecule has 0 radical (unpaired) electrons. The zero-order valence-electron chi connectivity index (χ0n) is 19.4. The molecule has 6 nitrogen and oxygen atoms in total. The van der Waals surface area contributed by atoms with Crippen molar-refractivity contribution in [1.82, 2.24) is 10.2 Å². The number of carbonyl (C=O) groups is 1. The van der Waals surface area contributed by atoms with E-state index in [1.54, 1.807) is 7.11 Å². The van der Waals surface area contributed by atoms with E-state index >= 15 is 0 Å². The first kappa shape index (κ1) is 26.2. The van der Waals surface area contributed by atoms with E-state index in [9.17, 15) is 9.90 Å². The van der Waals surface area contributed by atoms with Gasteiger partial charge in [0.05, 0.1) is 13.2 Å². The SMILES string of the molecule is CCCCCCCCC(=O)NCc1ccc(OCC(O)CCCN(C)C)c(OC)c1. The summed E-state index contributed by atoms with van der Waals surface area (Å²) in [6.07, 6.45) is 8.76. The fourth-order valence-corrected chi connectivity index (χ4v) is 3.21. The van der Waals surface area contributed by atoms with Crippen molar-refractivity contribution in [1.29, 1.82) is 0 Å². The maximum atomic E-state index is 12.0. The largest absolute Gasteiger partial charge is 0.493 e. The van der Waals surface area contributed by atoms with Gasteiger partial charge in [-0.1, -0.05) is 45.1 Å². The lowest BCUT2D eigenvalue weighted by Gasteiger charge is -2.16. The molecule has 172 valence electrons. The van der Waals surface area contributed by atoms with Gasteiger partial charge in [-0.3, -0.25) is 4.79 Å². The standard InChI is InChI=1S/C24H42N2O4/c1-5-6-7-8-9-10-13-24(28)25-18-20-14-15-22(23(17-20)29-4)30-19-21(27)12-11-16-26(2)3/h14-15,17,21,27H,5-13,16,18-19H2,1-4H3,(H,25,28). The number of hydrogen-bond donors (Lipinski definition) is 2. The smallest absolute Gasteiger partial charge is 0.220 e. The van der Waals surface area contributed by atoms with Crippen molar-refractivity contribution in [3.8, 4) is 11.5 Å². The summed E-state index contributed by atoms with van der Waals surface area (Å²) in [5, 5.41) is 13.1. The van der Waals surface area contributed by atoms with Gasteiger partial charge in [0, 0.05) is 13.0 Å². The molecule has 6 heteroatoms. The Labute approximate surface area is 182 Å². The highest BCUT2D eigenvalue weighted by molar-refractivity contribution is 5.75. The molecule has 0 aromatic heterocycles. The van der Waals surface area contributed by atoms with Gasteiger partial charge in [-0.2, -0.15) is 0 Å². The Morgan fingerprint density at radius 2 is 1.83 bits per heavy atom. The summed E-state index contributed by atoms with van der Waals surface area (Å²) < 4.78 is 11.2. The van der Waals surface area contributed by atoms with Crippen LogP contribution in [0.2, 0.25) is 0 Å². The first-order chi connectivity index (χ1) is 14.5. The van der Waals surface area contributed by atoms with Crippen LogP contribution in [0.5, 0.6) is 11.5 Å². The lowest BCUT2D eigenvalue weighted by atomic mass is 10.1. The minimum atomic E-state index is -0.504. The van der Waals surface area contributed by atoms with Gasteiger partial charge in [-0.15, -0.1) is 0 Å². The number of hydrogen-bond acceptors (Lipinski definition) is 5. The third-order valence-electron chi connectivity index (χ3n) is 5.05. The lowest BCUT2D eigenvalue weighted by Crippen LogP contribution is -2.22. The molecular weight excluding hydrogens is 380 g/mol. The van der Waals surface area contributed by atoms with Gasteiger partial charge in [0.1, 0.15) is 6.61 Å². The van der Waals surface area contributed by atoms with E-state index in [-0.39, 0.29) is 12.5 Å². The van der Waals surface area contributed by atoms with Crippen molar-refractivity contribution in [2.24, 2.45) is 0 Å². The Morgan fingerprint density at radius 3 is 2.53 bits per heavy atom. The van der Waals surface area contributed by atoms with Crippen molar-refractivity contribution >= 4 is 5.91 Å². The summed E-state index contributed by atoms with van der Waals surface area (Å²) >= 11 is 0. The molecule has 1 amide bonds. The maximum absolute atomic E-state index is 12.0. The second-order valence-corrected chi connectivity index (χ2v) is 8.19. The van der Waals surface area contributed by atoms with Gasteiger partial charge in [0.2, 0.25) is 5.91 Å². The zero-order valence-corrected chi connectivity index (χ0v) is 19.4. The molecule has 0 saturated carbocycles. The second-order valence-electron chi connectivity index (χ2n) is 8.19. The van der Waals surface area contributed by atoms with Gasteiger partial charge >= 0.3 is 0 Å². The highest BCUT2D eigenvalue weighted by atomic mass is 16.5. The highest BCUT2D eigenvalue weighted by Gasteiger charge is 2.10. The van der Waals surface area contributed by atoms with Crippen LogP contribution in [0.3, 0.4) is 0 Å². The van der Waals surface area contributed by atoms with Gasteiger partial charge in [-0.25, -0.2) is 0 Å². The Kier molecular flexibility index (Phi) is 14.0. The Balaban J connectivity index is 2.36. The lowest BCUT2D eigenvalue weighted by molar-refractivity contribution is -0.121. The Morgan fingerprint density at radius 1 is 1.10 bits per heavy atom. The Bertz CT molecular complexity index is 593. The number of benzene rings is 1. The number of ether oxygens (including phenoxy) is 2. The normalized spacial score (nSPS) is 12.1. The monoisotopic (exact) mass is 422 g/mol. The van der Waals surface area contributed by atoms with Crippen LogP contribution in [0.1, 0.15) is 70.3 Å². The molecule has 0 spiro atoms. The minimum absolute atomic E-state index is 0.0885. The molecule has 1 aromatic rings. The quantitative estimate of drug-likeness (QED) is 0.369. The van der Waals surface area contributed by atoms with Crippen LogP contribution >= 0.6 is 0 Å². The average Bonchev–Trinajstić information content (AvgIpc) is 2.73. The summed E-state index contributed by atoms with van der Waals surface area (Å²) in [5.74, 6) is 1.30. The number of amides is 1. The van der Waals surface area contributed by atoms with E-state index in [4.69, 9.17) is 9.47 Å². The van der Waals surface area contributed by atoms with Crippen LogP contribution in [0.4, 0.5) is 0 Å². The fraction of sp³-hybridized carbons (Fsp3) is 0.708. The van der Waals surface area contributed by atoms with Crippen LogP contribution in [-0.2, 0) is 11.3 Å². The number of aliphatic hydroxyl groups is 1. The maximum Gasteiger partial charge on any atom is 0.220 e. The molecule has 0 fully saturated rings. The van der Waals surface area contributed by atoms with E-state index < -0.39 is 6.10 Å². The van der Waals surface area contributed by atoms with Crippen LogP contribution < -0.4 is 14.8 Å². The molecule has 0 heterocycles. The van der Waals surface area contributed by atoms with Crippen LogP contribution in [0.25, 0.3) is 0 Å². The highest BCUT2D eigenvalue weighted by Crippen LogP contribution is 2.28. The van der Waals surface area contributed by atoms with Crippen molar-refractivity contribution in [3.05, 3.63) is 23.8 Å². The second kappa shape index (κ2) is 16.0. The van der Waals surface area contributed by atoms with E-state index in [1.807, 2.05) is 32.3 Å². The molecule has 0 aliphatic heterocycles. The number of rotatable bonds is 17. The Hall–Kier alpha value is -1.79. The van der Waals surface area contributed by atoms with E-state index in [1.165, 1.54) is 25.7 Å². The third kappa shape index (κ3) is 12.0. The average molecular weight is 423 g/mol. The predicted molar refractivity (Wildman–Crippen MR) is 122 cm³/mol. The fourth-order valence-electron chi connectivity index (χ4n) is 3.21. The number of nitrogens with one attached hydrogen (secondary N) is 1. The number of nitrogens with zero attached hydrogens (tertiary/aromatic N) is 1. The zero-order chi connectivity index (χ0) is 22.2. The summed E-state index contributed by atoms with van der Waals surface area (Å²) in [5.41, 5.74) is 0.960. The molecule has 1 rings (SSSR count). The molecule has 1 atom stereocenters. The minimum Gasteiger partial charge on any atom is -0.493 e. The van der Waals surface area contributed by atoms with E-state index in [0.717, 1.165) is 31.4 Å². The van der Waals surface area contributed by atoms with Crippen molar-refractivity contribution < 1.29 is 19.4 Å². The van der Waals surface area contributed by atoms with Crippen molar-refractivity contribution in [3.63, 3.8) is 0 Å². The molecule has 2 N–H and O–H groups in total. The summed E-state index contributed by atoms with van der Waals surface area (Å²) in [6.45, 7) is 3.86. The van der Waals surface area contributed by atoms with E-state index in [2.05, 4.69) is 17.1 Å². The predicted octanol–water partition coefficient (Wildman–Crippen LogP) is 4.14. The van der Waals surface area contributed by atoms with Crippen molar-refractivity contribution in [2.45, 2.75) is 77.4 Å². The van der Waals surface area contributed by atoms with Crippen LogP contribution in [0, 0.1) is 0 Å². The van der Waals surface area contributed by atoms with E-state index in [0.29, 0.717) is 30.9 Å². The van der Waals surface area contributed by atoms with Gasteiger partial charge < -0.3 is 24.8 Å². The summed E-state index contributed by atoms with van der Waals surface area (Å²) in [4.78, 5) is 14.1. The molecule has 0 aliphatic rings.